The van der Waals surface area contributed by atoms with Crippen molar-refractivity contribution >= 4 is 22.9 Å². The van der Waals surface area contributed by atoms with Gasteiger partial charge in [0.15, 0.2) is 0 Å². The van der Waals surface area contributed by atoms with Crippen LogP contribution in [0.25, 0.3) is 5.65 Å². The smallest absolute Gasteiger partial charge is 0.243 e. The molecule has 0 fully saturated rings. The number of benzene rings is 1. The molecule has 3 aromatic rings. The van der Waals surface area contributed by atoms with Gasteiger partial charge in [-0.3, -0.25) is 4.79 Å². The normalized spacial score (nSPS) is 10.8. The van der Waals surface area contributed by atoms with E-state index in [1.807, 2.05) is 13.0 Å². The zero-order valence-electron chi connectivity index (χ0n) is 13.4. The summed E-state index contributed by atoms with van der Waals surface area (Å²) in [6, 6.07) is 6.11. The van der Waals surface area contributed by atoms with Gasteiger partial charge in [-0.25, -0.2) is 4.39 Å². The molecular weight excluding hydrogens is 311 g/mol. The minimum atomic E-state index is -0.393. The molecule has 0 aliphatic rings. The van der Waals surface area contributed by atoms with Crippen molar-refractivity contribution in [2.24, 2.45) is 0 Å². The lowest BCUT2D eigenvalue weighted by atomic mass is 10.2. The van der Waals surface area contributed by atoms with Crippen LogP contribution in [-0.4, -0.2) is 32.3 Å². The van der Waals surface area contributed by atoms with E-state index in [-0.39, 0.29) is 12.5 Å². The number of carbonyl (C=O) groups excluding carboxylic acids is 1. The highest BCUT2D eigenvalue weighted by Crippen LogP contribution is 2.17. The fourth-order valence-electron chi connectivity index (χ4n) is 2.28. The number of aryl methyl sites for hydroxylation is 2. The molecule has 0 aliphatic heterocycles. The van der Waals surface area contributed by atoms with Crippen LogP contribution in [0.3, 0.4) is 0 Å². The Labute approximate surface area is 137 Å². The first-order valence-corrected chi connectivity index (χ1v) is 7.56. The van der Waals surface area contributed by atoms with Gasteiger partial charge in [0.1, 0.15) is 12.1 Å². The van der Waals surface area contributed by atoms with Gasteiger partial charge in [-0.2, -0.15) is 9.61 Å². The van der Waals surface area contributed by atoms with Gasteiger partial charge in [0, 0.05) is 5.69 Å². The molecule has 0 bridgehead atoms. The van der Waals surface area contributed by atoms with Crippen LogP contribution < -0.4 is 10.6 Å². The van der Waals surface area contributed by atoms with E-state index in [4.69, 9.17) is 0 Å². The molecule has 24 heavy (non-hydrogen) atoms. The van der Waals surface area contributed by atoms with E-state index in [0.29, 0.717) is 17.0 Å². The fourth-order valence-corrected chi connectivity index (χ4v) is 2.28. The fraction of sp³-hybridized carbons (Fsp3) is 0.250. The third-order valence-corrected chi connectivity index (χ3v) is 3.59. The van der Waals surface area contributed by atoms with Crippen LogP contribution in [0.1, 0.15) is 18.2 Å². The highest BCUT2D eigenvalue weighted by Gasteiger charge is 2.10. The summed E-state index contributed by atoms with van der Waals surface area (Å²) >= 11 is 0. The van der Waals surface area contributed by atoms with Gasteiger partial charge in [-0.15, -0.1) is 10.2 Å². The maximum atomic E-state index is 13.3. The number of fused-ring (bicyclic) bond motifs is 1. The topological polar surface area (TPSA) is 84.2 Å². The second kappa shape index (κ2) is 6.61. The molecule has 1 amide bonds. The lowest BCUT2D eigenvalue weighted by molar-refractivity contribution is -0.114. The van der Waals surface area contributed by atoms with Crippen molar-refractivity contribution < 1.29 is 9.18 Å². The standard InChI is InChI=1S/C16H17FN6O/c1-3-12-7-14(16-21-19-9-23(16)22-12)18-8-15(24)20-13-6-11(17)5-4-10(13)2/h4-7,9,18H,3,8H2,1-2H3,(H,20,24). The van der Waals surface area contributed by atoms with Crippen molar-refractivity contribution in [2.45, 2.75) is 20.3 Å². The Morgan fingerprint density at radius 3 is 2.92 bits per heavy atom. The lowest BCUT2D eigenvalue weighted by Crippen LogP contribution is -2.22. The molecular formula is C16H17FN6O. The second-order valence-electron chi connectivity index (χ2n) is 5.36. The molecule has 1 aromatic carbocycles. The number of hydrogen-bond acceptors (Lipinski definition) is 5. The molecule has 2 aromatic heterocycles. The molecule has 0 saturated heterocycles. The molecule has 8 heteroatoms. The molecule has 0 aliphatic carbocycles. The van der Waals surface area contributed by atoms with E-state index >= 15 is 0 Å². The zero-order valence-corrected chi connectivity index (χ0v) is 13.4. The lowest BCUT2D eigenvalue weighted by Gasteiger charge is -2.11. The summed E-state index contributed by atoms with van der Waals surface area (Å²) in [6.07, 6.45) is 2.26. The molecule has 0 atom stereocenters. The van der Waals surface area contributed by atoms with Gasteiger partial charge in [-0.05, 0) is 37.1 Å². The number of hydrogen-bond donors (Lipinski definition) is 2. The first-order valence-electron chi connectivity index (χ1n) is 7.56. The summed E-state index contributed by atoms with van der Waals surface area (Å²) in [6.45, 7) is 3.81. The molecule has 7 nitrogen and oxygen atoms in total. The second-order valence-corrected chi connectivity index (χ2v) is 5.36. The van der Waals surface area contributed by atoms with E-state index < -0.39 is 5.82 Å². The predicted molar refractivity (Wildman–Crippen MR) is 88.4 cm³/mol. The van der Waals surface area contributed by atoms with Crippen molar-refractivity contribution in [1.29, 1.82) is 0 Å². The number of nitrogens with zero attached hydrogens (tertiary/aromatic N) is 4. The summed E-state index contributed by atoms with van der Waals surface area (Å²) in [5.74, 6) is -0.674. The van der Waals surface area contributed by atoms with E-state index in [9.17, 15) is 9.18 Å². The number of amides is 1. The summed E-state index contributed by atoms with van der Waals surface area (Å²) in [7, 11) is 0. The van der Waals surface area contributed by atoms with E-state index in [1.165, 1.54) is 18.5 Å². The Morgan fingerprint density at radius 1 is 1.29 bits per heavy atom. The van der Waals surface area contributed by atoms with Crippen LogP contribution in [0.15, 0.2) is 30.6 Å². The van der Waals surface area contributed by atoms with E-state index in [1.54, 1.807) is 17.5 Å². The zero-order chi connectivity index (χ0) is 17.1. The molecule has 2 N–H and O–H groups in total. The number of rotatable bonds is 5. The Kier molecular flexibility index (Phi) is 4.37. The maximum Gasteiger partial charge on any atom is 0.243 e. The monoisotopic (exact) mass is 328 g/mol. The molecule has 2 heterocycles. The largest absolute Gasteiger partial charge is 0.373 e. The van der Waals surface area contributed by atoms with Crippen molar-refractivity contribution in [1.82, 2.24) is 19.8 Å². The third-order valence-electron chi connectivity index (χ3n) is 3.59. The van der Waals surface area contributed by atoms with E-state index in [2.05, 4.69) is 25.9 Å². The average molecular weight is 328 g/mol. The number of nitrogens with one attached hydrogen (secondary N) is 2. The van der Waals surface area contributed by atoms with Gasteiger partial charge in [0.25, 0.3) is 0 Å². The van der Waals surface area contributed by atoms with Crippen LogP contribution in [0.2, 0.25) is 0 Å². The first-order chi connectivity index (χ1) is 11.6. The van der Waals surface area contributed by atoms with Gasteiger partial charge in [0.05, 0.1) is 17.9 Å². The predicted octanol–water partition coefficient (Wildman–Crippen LogP) is 2.18. The Hall–Kier alpha value is -3.03. The highest BCUT2D eigenvalue weighted by molar-refractivity contribution is 5.94. The number of halogens is 1. The van der Waals surface area contributed by atoms with Crippen LogP contribution in [0.4, 0.5) is 15.8 Å². The Morgan fingerprint density at radius 2 is 2.12 bits per heavy atom. The molecule has 0 saturated carbocycles. The van der Waals surface area contributed by atoms with Crippen LogP contribution in [-0.2, 0) is 11.2 Å². The average Bonchev–Trinajstić information content (AvgIpc) is 3.04. The summed E-state index contributed by atoms with van der Waals surface area (Å²) in [4.78, 5) is 12.1. The maximum absolute atomic E-state index is 13.3. The summed E-state index contributed by atoms with van der Waals surface area (Å²) < 4.78 is 14.8. The van der Waals surface area contributed by atoms with Crippen molar-refractivity contribution in [2.75, 3.05) is 17.2 Å². The van der Waals surface area contributed by atoms with Crippen LogP contribution >= 0.6 is 0 Å². The Bertz CT molecular complexity index is 891. The van der Waals surface area contributed by atoms with Crippen molar-refractivity contribution in [3.05, 3.63) is 47.7 Å². The highest BCUT2D eigenvalue weighted by atomic mass is 19.1. The SMILES string of the molecule is CCc1cc(NCC(=O)Nc2cc(F)ccc2C)c2nncn2n1. The molecule has 3 rings (SSSR count). The van der Waals surface area contributed by atoms with Gasteiger partial charge >= 0.3 is 0 Å². The van der Waals surface area contributed by atoms with Crippen molar-refractivity contribution in [3.63, 3.8) is 0 Å². The summed E-state index contributed by atoms with van der Waals surface area (Å²) in [5.41, 5.74) is 3.32. The summed E-state index contributed by atoms with van der Waals surface area (Å²) in [5, 5.41) is 17.9. The van der Waals surface area contributed by atoms with E-state index in [0.717, 1.165) is 17.7 Å². The quantitative estimate of drug-likeness (QED) is 0.750. The molecule has 124 valence electrons. The number of carbonyl (C=O) groups is 1. The molecule has 0 spiro atoms. The molecule has 0 radical (unpaired) electrons. The van der Waals surface area contributed by atoms with Crippen molar-refractivity contribution in [3.8, 4) is 0 Å². The minimum Gasteiger partial charge on any atom is -0.373 e. The van der Waals surface area contributed by atoms with Gasteiger partial charge < -0.3 is 10.6 Å². The van der Waals surface area contributed by atoms with Crippen LogP contribution in [0.5, 0.6) is 0 Å². The Balaban J connectivity index is 1.72. The minimum absolute atomic E-state index is 0.0195. The molecule has 0 unspecified atom stereocenters. The van der Waals surface area contributed by atoms with Gasteiger partial charge in [0.2, 0.25) is 11.6 Å². The van der Waals surface area contributed by atoms with Gasteiger partial charge in [-0.1, -0.05) is 13.0 Å². The van der Waals surface area contributed by atoms with Crippen LogP contribution in [0, 0.1) is 12.7 Å². The number of aromatic nitrogens is 4. The number of anilines is 2. The third kappa shape index (κ3) is 3.32. The first kappa shape index (κ1) is 15.9.